The summed E-state index contributed by atoms with van der Waals surface area (Å²) in [6.45, 7) is 1.11. The highest BCUT2D eigenvalue weighted by atomic mass is 32.2. The summed E-state index contributed by atoms with van der Waals surface area (Å²) in [4.78, 5) is 0.0747. The molecule has 7 heteroatoms. The van der Waals surface area contributed by atoms with Gasteiger partial charge in [-0.15, -0.1) is 0 Å². The van der Waals surface area contributed by atoms with E-state index >= 15 is 0 Å². The lowest BCUT2D eigenvalue weighted by molar-refractivity contribution is 0.105. The van der Waals surface area contributed by atoms with Crippen LogP contribution in [0.1, 0.15) is 19.3 Å². The number of hydrogen-bond acceptors (Lipinski definition) is 5. The maximum atomic E-state index is 12.2. The maximum absolute atomic E-state index is 12.2. The Kier molecular flexibility index (Phi) is 4.85. The fraction of sp³-hybridized carbons (Fsp3) is 0.538. The van der Waals surface area contributed by atoms with Gasteiger partial charge in [-0.05, 0) is 31.4 Å². The molecule has 1 saturated heterocycles. The number of hydrogen-bond donors (Lipinski definition) is 2. The topological polar surface area (TPSA) is 90.7 Å². The molecule has 0 saturated carbocycles. The minimum Gasteiger partial charge on any atom is -0.497 e. The highest BCUT2D eigenvalue weighted by Crippen LogP contribution is 2.23. The quantitative estimate of drug-likeness (QED) is 0.768. The third kappa shape index (κ3) is 3.62. The second-order valence-corrected chi connectivity index (χ2v) is 6.46. The van der Waals surface area contributed by atoms with Crippen molar-refractivity contribution in [1.82, 2.24) is 4.72 Å². The number of nitrogens with two attached hydrogens (primary N) is 1. The van der Waals surface area contributed by atoms with E-state index in [-0.39, 0.29) is 16.7 Å². The monoisotopic (exact) mass is 300 g/mol. The van der Waals surface area contributed by atoms with E-state index in [9.17, 15) is 8.42 Å². The summed E-state index contributed by atoms with van der Waals surface area (Å²) in [5.41, 5.74) is 5.93. The molecule has 1 aromatic rings. The van der Waals surface area contributed by atoms with Gasteiger partial charge in [0.15, 0.2) is 0 Å². The standard InChI is InChI=1S/C13H20N2O4S/c1-18-11-4-5-13(12(14)9-11)20(16,17)15-7-6-10-3-2-8-19-10/h4-5,9-10,15H,2-3,6-8,14H2,1H3. The van der Waals surface area contributed by atoms with Crippen LogP contribution in [0.3, 0.4) is 0 Å². The average Bonchev–Trinajstić information content (AvgIpc) is 2.91. The van der Waals surface area contributed by atoms with Crippen LogP contribution in [0.15, 0.2) is 23.1 Å². The number of anilines is 1. The summed E-state index contributed by atoms with van der Waals surface area (Å²) >= 11 is 0. The number of sulfonamides is 1. The van der Waals surface area contributed by atoms with Gasteiger partial charge in [-0.25, -0.2) is 13.1 Å². The first-order valence-corrected chi connectivity index (χ1v) is 8.06. The van der Waals surface area contributed by atoms with Crippen molar-refractivity contribution in [2.24, 2.45) is 0 Å². The van der Waals surface area contributed by atoms with Crippen molar-refractivity contribution in [1.29, 1.82) is 0 Å². The summed E-state index contributed by atoms with van der Waals surface area (Å²) in [5.74, 6) is 0.529. The molecule has 0 bridgehead atoms. The Balaban J connectivity index is 1.98. The van der Waals surface area contributed by atoms with Crippen molar-refractivity contribution in [3.8, 4) is 5.75 Å². The lowest BCUT2D eigenvalue weighted by Crippen LogP contribution is -2.27. The lowest BCUT2D eigenvalue weighted by atomic mass is 10.2. The van der Waals surface area contributed by atoms with Crippen molar-refractivity contribution in [2.45, 2.75) is 30.3 Å². The summed E-state index contributed by atoms with van der Waals surface area (Å²) < 4.78 is 37.3. The molecular weight excluding hydrogens is 280 g/mol. The fourth-order valence-corrected chi connectivity index (χ4v) is 3.36. The predicted molar refractivity (Wildman–Crippen MR) is 76.2 cm³/mol. The van der Waals surface area contributed by atoms with Crippen LogP contribution in [0.5, 0.6) is 5.75 Å². The fourth-order valence-electron chi connectivity index (χ4n) is 2.20. The molecule has 1 atom stereocenters. The Labute approximate surface area is 119 Å². The van der Waals surface area contributed by atoms with Crippen molar-refractivity contribution in [2.75, 3.05) is 26.0 Å². The van der Waals surface area contributed by atoms with Gasteiger partial charge in [0.05, 0.1) is 18.9 Å². The van der Waals surface area contributed by atoms with E-state index in [1.807, 2.05) is 0 Å². The number of benzene rings is 1. The van der Waals surface area contributed by atoms with Gasteiger partial charge < -0.3 is 15.2 Å². The minimum atomic E-state index is -3.59. The van der Waals surface area contributed by atoms with Crippen LogP contribution >= 0.6 is 0 Å². The Bertz CT molecular complexity index is 553. The van der Waals surface area contributed by atoms with Gasteiger partial charge in [0.1, 0.15) is 10.6 Å². The smallest absolute Gasteiger partial charge is 0.242 e. The zero-order valence-corrected chi connectivity index (χ0v) is 12.3. The molecule has 1 aromatic carbocycles. The van der Waals surface area contributed by atoms with E-state index in [0.717, 1.165) is 19.4 Å². The van der Waals surface area contributed by atoms with Gasteiger partial charge in [0, 0.05) is 19.2 Å². The summed E-state index contributed by atoms with van der Waals surface area (Å²) in [7, 11) is -2.09. The average molecular weight is 300 g/mol. The van der Waals surface area contributed by atoms with E-state index in [0.29, 0.717) is 18.7 Å². The molecule has 0 aliphatic carbocycles. The van der Waals surface area contributed by atoms with Gasteiger partial charge in [-0.1, -0.05) is 0 Å². The second kappa shape index (κ2) is 6.43. The number of rotatable bonds is 6. The van der Waals surface area contributed by atoms with Crippen molar-refractivity contribution in [3.05, 3.63) is 18.2 Å². The van der Waals surface area contributed by atoms with Gasteiger partial charge in [-0.3, -0.25) is 0 Å². The SMILES string of the molecule is COc1ccc(S(=O)(=O)NCCC2CCCO2)c(N)c1. The highest BCUT2D eigenvalue weighted by molar-refractivity contribution is 7.89. The van der Waals surface area contributed by atoms with Gasteiger partial charge in [-0.2, -0.15) is 0 Å². The van der Waals surface area contributed by atoms with Crippen LogP contribution in [0, 0.1) is 0 Å². The maximum Gasteiger partial charge on any atom is 0.242 e. The lowest BCUT2D eigenvalue weighted by Gasteiger charge is -2.12. The third-order valence-electron chi connectivity index (χ3n) is 3.29. The zero-order chi connectivity index (χ0) is 14.6. The first-order chi connectivity index (χ1) is 9.53. The first kappa shape index (κ1) is 15.1. The molecule has 0 amide bonds. The van der Waals surface area contributed by atoms with Crippen LogP contribution in [0.4, 0.5) is 5.69 Å². The van der Waals surface area contributed by atoms with Gasteiger partial charge >= 0.3 is 0 Å². The molecule has 6 nitrogen and oxygen atoms in total. The largest absolute Gasteiger partial charge is 0.497 e. The van der Waals surface area contributed by atoms with Crippen molar-refractivity contribution < 1.29 is 17.9 Å². The van der Waals surface area contributed by atoms with Gasteiger partial charge in [0.2, 0.25) is 10.0 Å². The van der Waals surface area contributed by atoms with Crippen LogP contribution < -0.4 is 15.2 Å². The van der Waals surface area contributed by atoms with Crippen LogP contribution in [-0.4, -0.2) is 34.8 Å². The molecule has 20 heavy (non-hydrogen) atoms. The first-order valence-electron chi connectivity index (χ1n) is 6.58. The molecule has 2 rings (SSSR count). The molecule has 1 fully saturated rings. The highest BCUT2D eigenvalue weighted by Gasteiger charge is 2.20. The zero-order valence-electron chi connectivity index (χ0n) is 11.5. The number of methoxy groups -OCH3 is 1. The summed E-state index contributed by atoms with van der Waals surface area (Å²) in [6, 6.07) is 4.52. The Hall–Kier alpha value is -1.31. The summed E-state index contributed by atoms with van der Waals surface area (Å²) in [5, 5.41) is 0. The van der Waals surface area contributed by atoms with E-state index in [1.54, 1.807) is 6.07 Å². The Morgan fingerprint density at radius 3 is 2.90 bits per heavy atom. The molecule has 0 radical (unpaired) electrons. The van der Waals surface area contributed by atoms with Crippen molar-refractivity contribution in [3.63, 3.8) is 0 Å². The Morgan fingerprint density at radius 2 is 2.30 bits per heavy atom. The van der Waals surface area contributed by atoms with Crippen LogP contribution in [0.2, 0.25) is 0 Å². The third-order valence-corrected chi connectivity index (χ3v) is 4.82. The molecular formula is C13H20N2O4S. The molecule has 1 aliphatic rings. The molecule has 0 spiro atoms. The normalized spacial score (nSPS) is 19.1. The van der Waals surface area contributed by atoms with E-state index in [1.165, 1.54) is 19.2 Å². The molecule has 1 aliphatic heterocycles. The molecule has 1 unspecified atom stereocenters. The number of nitrogen functional groups attached to an aromatic ring is 1. The van der Waals surface area contributed by atoms with E-state index in [4.69, 9.17) is 15.2 Å². The van der Waals surface area contributed by atoms with Gasteiger partial charge in [0.25, 0.3) is 0 Å². The van der Waals surface area contributed by atoms with E-state index in [2.05, 4.69) is 4.72 Å². The minimum absolute atomic E-state index is 0.0747. The van der Waals surface area contributed by atoms with E-state index < -0.39 is 10.0 Å². The Morgan fingerprint density at radius 1 is 1.50 bits per heavy atom. The van der Waals surface area contributed by atoms with Crippen molar-refractivity contribution >= 4 is 15.7 Å². The second-order valence-electron chi connectivity index (χ2n) is 4.73. The summed E-state index contributed by atoms with van der Waals surface area (Å²) in [6.07, 6.45) is 2.87. The predicted octanol–water partition coefficient (Wildman–Crippen LogP) is 1.12. The van der Waals surface area contributed by atoms with Crippen LogP contribution in [0.25, 0.3) is 0 Å². The molecule has 0 aromatic heterocycles. The van der Waals surface area contributed by atoms with Crippen LogP contribution in [-0.2, 0) is 14.8 Å². The molecule has 3 N–H and O–H groups in total. The number of nitrogens with one attached hydrogen (secondary N) is 1. The molecule has 112 valence electrons. The molecule has 1 heterocycles. The number of ether oxygens (including phenoxy) is 2.